The summed E-state index contributed by atoms with van der Waals surface area (Å²) in [4.78, 5) is 8.13. The van der Waals surface area contributed by atoms with Gasteiger partial charge in [-0.25, -0.2) is 9.97 Å². The van der Waals surface area contributed by atoms with Crippen LogP contribution in [-0.4, -0.2) is 16.0 Å². The first-order valence-electron chi connectivity index (χ1n) is 6.68. The molecule has 0 saturated heterocycles. The van der Waals surface area contributed by atoms with E-state index in [0.717, 1.165) is 23.4 Å². The van der Waals surface area contributed by atoms with E-state index in [1.165, 1.54) is 19.3 Å². The van der Waals surface area contributed by atoms with Crippen LogP contribution in [0.3, 0.4) is 0 Å². The van der Waals surface area contributed by atoms with Crippen molar-refractivity contribution in [2.24, 2.45) is 17.8 Å². The Kier molecular flexibility index (Phi) is 3.97. The van der Waals surface area contributed by atoms with Gasteiger partial charge in [0.25, 0.3) is 0 Å². The van der Waals surface area contributed by atoms with Crippen LogP contribution in [0.25, 0.3) is 0 Å². The van der Waals surface area contributed by atoms with E-state index in [1.54, 1.807) is 6.33 Å². The van der Waals surface area contributed by atoms with Crippen molar-refractivity contribution in [3.63, 3.8) is 0 Å². The molecule has 1 N–H and O–H groups in total. The first-order chi connectivity index (χ1) is 8.16. The molecule has 1 aromatic rings. The van der Waals surface area contributed by atoms with Crippen molar-refractivity contribution in [1.82, 2.24) is 9.97 Å². The summed E-state index contributed by atoms with van der Waals surface area (Å²) in [5.41, 5.74) is 1.05. The summed E-state index contributed by atoms with van der Waals surface area (Å²) in [6.45, 7) is 7.01. The molecule has 3 nitrogen and oxygen atoms in total. The number of anilines is 1. The minimum atomic E-state index is 0.574. The molecule has 2 rings (SSSR count). The molecule has 94 valence electrons. The molecule has 17 heavy (non-hydrogen) atoms. The van der Waals surface area contributed by atoms with E-state index < -0.39 is 0 Å². The zero-order valence-electron chi connectivity index (χ0n) is 11.1. The van der Waals surface area contributed by atoms with Gasteiger partial charge < -0.3 is 5.32 Å². The number of rotatable bonds is 3. The van der Waals surface area contributed by atoms with Crippen LogP contribution in [0.2, 0.25) is 0 Å². The predicted molar refractivity (Wildman–Crippen MR) is 70.8 cm³/mol. The van der Waals surface area contributed by atoms with Crippen molar-refractivity contribution >= 4 is 5.69 Å². The van der Waals surface area contributed by atoms with E-state index in [2.05, 4.69) is 36.1 Å². The number of nitrogens with zero attached hydrogens (tertiary/aromatic N) is 2. The van der Waals surface area contributed by atoms with Crippen LogP contribution < -0.4 is 5.32 Å². The molecule has 1 aliphatic rings. The molecule has 3 unspecified atom stereocenters. The minimum Gasteiger partial charge on any atom is -0.380 e. The lowest BCUT2D eigenvalue weighted by molar-refractivity contribution is 0.212. The zero-order valence-corrected chi connectivity index (χ0v) is 11.1. The fourth-order valence-electron chi connectivity index (χ4n) is 2.96. The second kappa shape index (κ2) is 5.48. The molecule has 1 fully saturated rings. The lowest BCUT2D eigenvalue weighted by Gasteiger charge is -2.38. The number of aromatic nitrogens is 2. The largest absolute Gasteiger partial charge is 0.380 e. The van der Waals surface area contributed by atoms with Gasteiger partial charge in [-0.3, -0.25) is 0 Å². The molecule has 0 aromatic carbocycles. The van der Waals surface area contributed by atoms with E-state index >= 15 is 0 Å². The Morgan fingerprint density at radius 3 is 2.59 bits per heavy atom. The van der Waals surface area contributed by atoms with Crippen LogP contribution in [-0.2, 0) is 0 Å². The zero-order chi connectivity index (χ0) is 12.3. The topological polar surface area (TPSA) is 37.8 Å². The highest BCUT2D eigenvalue weighted by Crippen LogP contribution is 2.34. The molecule has 0 amide bonds. The van der Waals surface area contributed by atoms with Gasteiger partial charge in [0.05, 0.1) is 18.1 Å². The van der Waals surface area contributed by atoms with Crippen LogP contribution in [0.4, 0.5) is 5.69 Å². The second-order valence-corrected chi connectivity index (χ2v) is 5.70. The number of hydrogen-bond acceptors (Lipinski definition) is 3. The molecule has 0 bridgehead atoms. The Balaban J connectivity index is 2.05. The Bertz CT molecular complexity index is 337. The van der Waals surface area contributed by atoms with Crippen molar-refractivity contribution < 1.29 is 0 Å². The first kappa shape index (κ1) is 12.3. The third-order valence-corrected chi connectivity index (χ3v) is 3.93. The van der Waals surface area contributed by atoms with Gasteiger partial charge >= 0.3 is 0 Å². The number of hydrogen-bond donors (Lipinski definition) is 1. The van der Waals surface area contributed by atoms with Crippen LogP contribution in [0.5, 0.6) is 0 Å². The highest BCUT2D eigenvalue weighted by atomic mass is 15.0. The molecule has 0 spiro atoms. The highest BCUT2D eigenvalue weighted by molar-refractivity contribution is 5.38. The van der Waals surface area contributed by atoms with E-state index in [4.69, 9.17) is 0 Å². The molecular weight excluding hydrogens is 210 g/mol. The van der Waals surface area contributed by atoms with Crippen molar-refractivity contribution in [3.05, 3.63) is 18.7 Å². The van der Waals surface area contributed by atoms with Crippen LogP contribution in [0.15, 0.2) is 18.7 Å². The van der Waals surface area contributed by atoms with E-state index in [0.29, 0.717) is 6.04 Å². The summed E-state index contributed by atoms with van der Waals surface area (Å²) in [7, 11) is 0. The van der Waals surface area contributed by atoms with Crippen LogP contribution >= 0.6 is 0 Å². The molecule has 3 heteroatoms. The first-order valence-corrected chi connectivity index (χ1v) is 6.68. The van der Waals surface area contributed by atoms with Gasteiger partial charge in [0, 0.05) is 6.04 Å². The van der Waals surface area contributed by atoms with Crippen molar-refractivity contribution in [2.45, 2.75) is 46.1 Å². The average molecular weight is 233 g/mol. The lowest BCUT2D eigenvalue weighted by Crippen LogP contribution is -2.37. The van der Waals surface area contributed by atoms with Crippen LogP contribution in [0, 0.1) is 17.8 Å². The van der Waals surface area contributed by atoms with Gasteiger partial charge in [-0.1, -0.05) is 27.2 Å². The summed E-state index contributed by atoms with van der Waals surface area (Å²) < 4.78 is 0. The minimum absolute atomic E-state index is 0.574. The molecule has 1 heterocycles. The highest BCUT2D eigenvalue weighted by Gasteiger charge is 2.30. The molecule has 1 aromatic heterocycles. The molecule has 0 aliphatic heterocycles. The van der Waals surface area contributed by atoms with E-state index in [9.17, 15) is 0 Å². The van der Waals surface area contributed by atoms with Crippen LogP contribution in [0.1, 0.15) is 40.0 Å². The Labute approximate surface area is 104 Å². The standard InChI is InChI=1S/C14H23N3/c1-10(2)13-5-4-11(3)6-14(13)17-12-7-15-9-16-8-12/h7-11,13-14,17H,4-6H2,1-3H3. The SMILES string of the molecule is CC1CCC(C(C)C)C(Nc2cncnc2)C1. The summed E-state index contributed by atoms with van der Waals surface area (Å²) in [5.74, 6) is 2.34. The fraction of sp³-hybridized carbons (Fsp3) is 0.714. The monoisotopic (exact) mass is 233 g/mol. The third kappa shape index (κ3) is 3.18. The summed E-state index contributed by atoms with van der Waals surface area (Å²) in [6.07, 6.45) is 9.27. The smallest absolute Gasteiger partial charge is 0.115 e. The van der Waals surface area contributed by atoms with Crippen molar-refractivity contribution in [3.8, 4) is 0 Å². The fourth-order valence-corrected chi connectivity index (χ4v) is 2.96. The molecule has 3 atom stereocenters. The Morgan fingerprint density at radius 2 is 1.94 bits per heavy atom. The van der Waals surface area contributed by atoms with Gasteiger partial charge in [-0.15, -0.1) is 0 Å². The maximum Gasteiger partial charge on any atom is 0.115 e. The summed E-state index contributed by atoms with van der Waals surface area (Å²) in [5, 5.41) is 3.62. The molecular formula is C14H23N3. The number of nitrogens with one attached hydrogen (secondary N) is 1. The van der Waals surface area contributed by atoms with Gasteiger partial charge in [-0.2, -0.15) is 0 Å². The predicted octanol–water partition coefficient (Wildman–Crippen LogP) is 3.35. The average Bonchev–Trinajstić information content (AvgIpc) is 2.30. The normalized spacial score (nSPS) is 29.3. The van der Waals surface area contributed by atoms with E-state index in [1.807, 2.05) is 12.4 Å². The summed E-state index contributed by atoms with van der Waals surface area (Å²) in [6, 6.07) is 0.574. The van der Waals surface area contributed by atoms with Gasteiger partial charge in [-0.05, 0) is 30.6 Å². The Hall–Kier alpha value is -1.12. The Morgan fingerprint density at radius 1 is 1.24 bits per heavy atom. The van der Waals surface area contributed by atoms with Gasteiger partial charge in [0.2, 0.25) is 0 Å². The van der Waals surface area contributed by atoms with Gasteiger partial charge in [0.15, 0.2) is 0 Å². The summed E-state index contributed by atoms with van der Waals surface area (Å²) >= 11 is 0. The maximum atomic E-state index is 4.07. The lowest BCUT2D eigenvalue weighted by atomic mass is 9.74. The van der Waals surface area contributed by atoms with Crippen molar-refractivity contribution in [2.75, 3.05) is 5.32 Å². The second-order valence-electron chi connectivity index (χ2n) is 5.70. The van der Waals surface area contributed by atoms with Gasteiger partial charge in [0.1, 0.15) is 6.33 Å². The molecule has 0 radical (unpaired) electrons. The maximum absolute atomic E-state index is 4.07. The molecule has 1 saturated carbocycles. The van der Waals surface area contributed by atoms with Crippen molar-refractivity contribution in [1.29, 1.82) is 0 Å². The molecule has 1 aliphatic carbocycles. The quantitative estimate of drug-likeness (QED) is 0.870. The third-order valence-electron chi connectivity index (χ3n) is 3.93. The van der Waals surface area contributed by atoms with E-state index in [-0.39, 0.29) is 0 Å².